The van der Waals surface area contributed by atoms with E-state index in [2.05, 4.69) is 62.8 Å². The number of methoxy groups -OCH3 is 1. The summed E-state index contributed by atoms with van der Waals surface area (Å²) in [7, 11) is 1.52. The van der Waals surface area contributed by atoms with Crippen LogP contribution in [-0.2, 0) is 65.6 Å². The summed E-state index contributed by atoms with van der Waals surface area (Å²) in [5.74, 6) is -9.14. The van der Waals surface area contributed by atoms with Crippen LogP contribution in [0.2, 0.25) is 0 Å². The van der Waals surface area contributed by atoms with Gasteiger partial charge < -0.3 is 109 Å². The van der Waals surface area contributed by atoms with Crippen LogP contribution in [0.1, 0.15) is 122 Å². The number of ether oxygens (including phenoxy) is 1. The Morgan fingerprint density at radius 2 is 1.04 bits per heavy atom. The zero-order valence-corrected chi connectivity index (χ0v) is 57.0. The van der Waals surface area contributed by atoms with Crippen LogP contribution in [0.15, 0.2) is 69.6 Å². The first-order valence-electron chi connectivity index (χ1n) is 33.1. The maximum atomic E-state index is 14.8. The summed E-state index contributed by atoms with van der Waals surface area (Å²) in [5.41, 5.74) is 52.4. The van der Waals surface area contributed by atoms with E-state index in [4.69, 9.17) is 56.3 Å². The minimum absolute atomic E-state index is 0.00589. The maximum Gasteiger partial charge on any atom is 0.245 e. The second-order valence-electron chi connectivity index (χ2n) is 24.5. The summed E-state index contributed by atoms with van der Waals surface area (Å²) in [6, 6.07) is 4.44. The van der Waals surface area contributed by atoms with Crippen LogP contribution in [0.4, 0.5) is 0 Å². The van der Waals surface area contributed by atoms with Gasteiger partial charge in [0.25, 0.3) is 0 Å². The Labute approximate surface area is 572 Å². The van der Waals surface area contributed by atoms with E-state index in [0.717, 1.165) is 5.56 Å². The normalized spacial score (nSPS) is 15.3. The van der Waals surface area contributed by atoms with Gasteiger partial charge in [-0.1, -0.05) is 76.6 Å². The number of nitrogens with two attached hydrogens (primary N) is 9. The highest BCUT2D eigenvalue weighted by Gasteiger charge is 2.41. The first kappa shape index (κ1) is 82.4. The molecule has 0 spiro atoms. The number of amides is 11. The molecule has 10 atom stereocenters. The van der Waals surface area contributed by atoms with Gasteiger partial charge in [-0.2, -0.15) is 0 Å². The molecular formula is C64H106N22O12. The molecule has 0 aromatic heterocycles. The third-order valence-electron chi connectivity index (χ3n) is 16.1. The molecule has 11 amide bonds. The molecule has 1 saturated heterocycles. The molecule has 2 aromatic carbocycles. The molecule has 27 N–H and O–H groups in total. The van der Waals surface area contributed by atoms with Crippen molar-refractivity contribution in [3.63, 3.8) is 0 Å². The second-order valence-corrected chi connectivity index (χ2v) is 24.5. The smallest absolute Gasteiger partial charge is 0.245 e. The number of guanidine groups is 3. The molecule has 98 heavy (non-hydrogen) atoms. The molecule has 1 aliphatic heterocycles. The molecule has 3 rings (SSSR count). The van der Waals surface area contributed by atoms with Crippen molar-refractivity contribution in [3.05, 3.63) is 65.7 Å². The molecule has 0 saturated carbocycles. The van der Waals surface area contributed by atoms with E-state index in [1.165, 1.54) is 12.0 Å². The number of unbranched alkanes of at least 4 members (excludes halogenated alkanes) is 1. The van der Waals surface area contributed by atoms with Crippen LogP contribution in [0.25, 0.3) is 0 Å². The number of carbonyl (C=O) groups excluding carboxylic acids is 11. The van der Waals surface area contributed by atoms with E-state index in [0.29, 0.717) is 43.5 Å². The number of aliphatic imine (C=N–C) groups is 3. The van der Waals surface area contributed by atoms with Crippen LogP contribution >= 0.6 is 0 Å². The highest BCUT2D eigenvalue weighted by Crippen LogP contribution is 2.22. The number of nitrogens with zero attached hydrogens (tertiary/aromatic N) is 4. The van der Waals surface area contributed by atoms with Gasteiger partial charge in [-0.15, -0.1) is 0 Å². The van der Waals surface area contributed by atoms with Gasteiger partial charge in [-0.05, 0) is 125 Å². The largest absolute Gasteiger partial charge is 0.497 e. The standard InChI is InChI=1S/C64H106N22O12/c1-6-38(4)52(60(96)83-46(21-14-30-76-64(72)73)61(97)86-31-15-22-49(86)59(95)80-43(53(67)89)18-10-11-27-65)85-56(92)45(20-13-29-75-63(70)71)81-55(91)44(19-12-28-74-62(68)69)82-57(93)47(32-37(2)3)84-58(94)48(34-39-16-8-7-9-17-39)79-51(88)36-77-50(87)35-78-54(90)42(66)33-40-23-25-41(98-5)26-24-40/h7-9,16-17,23-26,37-38,42-49,52H,6,10-15,18-22,27-36,65-66H2,1-5H3,(H2,67,89)(H,77,87)(H,78,90)(H,79,88)(H,80,95)(H,81,91)(H,82,93)(H,83,96)(H,84,94)(H,85,92)(H4,68,69,74)(H4,70,71,75)(H4,72,73,76)/t38-,42-,43-,44-,45-,46-,47-,48-,49-,52-/m0/s1. The molecular weight excluding hydrogens is 1270 g/mol. The number of benzene rings is 2. The molecule has 34 heteroatoms. The Hall–Kier alpha value is -9.86. The topological polar surface area (TPSA) is 580 Å². The first-order valence-corrected chi connectivity index (χ1v) is 33.1. The van der Waals surface area contributed by atoms with Crippen molar-refractivity contribution in [1.29, 1.82) is 0 Å². The van der Waals surface area contributed by atoms with Gasteiger partial charge in [0.05, 0.1) is 26.2 Å². The van der Waals surface area contributed by atoms with E-state index in [1.54, 1.807) is 82.3 Å². The molecule has 544 valence electrons. The fourth-order valence-corrected chi connectivity index (χ4v) is 10.5. The number of rotatable bonds is 45. The average Bonchev–Trinajstić information content (AvgIpc) is 1.58. The zero-order valence-electron chi connectivity index (χ0n) is 57.0. The van der Waals surface area contributed by atoms with Crippen LogP contribution < -0.4 is 104 Å². The number of nitrogens with one attached hydrogen (secondary N) is 9. The van der Waals surface area contributed by atoms with Gasteiger partial charge in [-0.25, -0.2) is 0 Å². The Kier molecular flexibility index (Phi) is 37.0. The van der Waals surface area contributed by atoms with Crippen LogP contribution in [0.5, 0.6) is 5.75 Å². The first-order chi connectivity index (χ1) is 46.6. The predicted molar refractivity (Wildman–Crippen MR) is 370 cm³/mol. The summed E-state index contributed by atoms with van der Waals surface area (Å²) in [6.07, 6.45) is 2.61. The van der Waals surface area contributed by atoms with Gasteiger partial charge in [0.1, 0.15) is 54.1 Å². The summed E-state index contributed by atoms with van der Waals surface area (Å²) < 4.78 is 5.16. The van der Waals surface area contributed by atoms with Gasteiger partial charge >= 0.3 is 0 Å². The molecule has 1 fully saturated rings. The fourth-order valence-electron chi connectivity index (χ4n) is 10.5. The fraction of sp³-hybridized carbons (Fsp3) is 0.594. The van der Waals surface area contributed by atoms with Crippen molar-refractivity contribution < 1.29 is 57.5 Å². The van der Waals surface area contributed by atoms with Crippen LogP contribution in [-0.4, -0.2) is 195 Å². The summed E-state index contributed by atoms with van der Waals surface area (Å²) in [5, 5.41) is 24.0. The van der Waals surface area contributed by atoms with Crippen molar-refractivity contribution >= 4 is 82.9 Å². The lowest BCUT2D eigenvalue weighted by Gasteiger charge is -2.32. The Balaban J connectivity index is 1.92. The van der Waals surface area contributed by atoms with Crippen LogP contribution in [0, 0.1) is 11.8 Å². The molecule has 1 heterocycles. The highest BCUT2D eigenvalue weighted by atomic mass is 16.5. The summed E-state index contributed by atoms with van der Waals surface area (Å²) >= 11 is 0. The number of hydrogen-bond acceptors (Lipinski definition) is 17. The van der Waals surface area contributed by atoms with Crippen molar-refractivity contribution in [2.24, 2.45) is 78.4 Å². The van der Waals surface area contributed by atoms with E-state index in [-0.39, 0.29) is 121 Å². The maximum absolute atomic E-state index is 14.8. The van der Waals surface area contributed by atoms with E-state index in [1.807, 2.05) is 0 Å². The van der Waals surface area contributed by atoms with Crippen molar-refractivity contribution in [2.45, 2.75) is 178 Å². The van der Waals surface area contributed by atoms with Crippen molar-refractivity contribution in [1.82, 2.24) is 52.8 Å². The van der Waals surface area contributed by atoms with E-state index >= 15 is 0 Å². The van der Waals surface area contributed by atoms with Crippen LogP contribution in [0.3, 0.4) is 0 Å². The monoisotopic (exact) mass is 1370 g/mol. The second kappa shape index (κ2) is 44.1. The number of likely N-dealkylation sites (tertiary alicyclic amines) is 1. The molecule has 0 bridgehead atoms. The molecule has 2 aromatic rings. The van der Waals surface area contributed by atoms with E-state index < -0.39 is 138 Å². The van der Waals surface area contributed by atoms with E-state index in [9.17, 15) is 52.7 Å². The van der Waals surface area contributed by atoms with Gasteiger partial charge in [0.15, 0.2) is 17.9 Å². The number of hydrogen-bond donors (Lipinski definition) is 18. The lowest BCUT2D eigenvalue weighted by Crippen LogP contribution is -2.61. The van der Waals surface area contributed by atoms with Gasteiger partial charge in [-0.3, -0.25) is 67.7 Å². The third kappa shape index (κ3) is 30.9. The molecule has 0 aliphatic carbocycles. The molecule has 34 nitrogen and oxygen atoms in total. The number of primary amides is 1. The molecule has 0 unspecified atom stereocenters. The number of carbonyl (C=O) groups is 11. The minimum atomic E-state index is -1.43. The Bertz CT molecular complexity index is 3020. The average molecular weight is 1380 g/mol. The van der Waals surface area contributed by atoms with Gasteiger partial charge in [0, 0.05) is 32.6 Å². The van der Waals surface area contributed by atoms with Crippen molar-refractivity contribution in [3.8, 4) is 5.75 Å². The Morgan fingerprint density at radius 3 is 1.57 bits per heavy atom. The molecule has 1 aliphatic rings. The lowest BCUT2D eigenvalue weighted by atomic mass is 9.96. The third-order valence-corrected chi connectivity index (χ3v) is 16.1. The summed E-state index contributed by atoms with van der Waals surface area (Å²) in [4.78, 5) is 167. The SMILES string of the molecule is CC[C@H](C)[C@H](NC(=O)[C@H](CCCN=C(N)N)NC(=O)[C@H](CCCN=C(N)N)NC(=O)[C@H](CC(C)C)NC(=O)[C@H](Cc1ccccc1)NC(=O)CNC(=O)CNC(=O)[C@@H](N)Cc1ccc(OC)cc1)C(=O)N[C@@H](CCCN=C(N)N)C(=O)N1CCC[C@H]1C(=O)N[C@@H](CCCCN)C(N)=O. The lowest BCUT2D eigenvalue weighted by molar-refractivity contribution is -0.142. The van der Waals surface area contributed by atoms with Crippen molar-refractivity contribution in [2.75, 3.05) is 52.9 Å². The quantitative estimate of drug-likeness (QED) is 0.0168. The zero-order chi connectivity index (χ0) is 72.9. The minimum Gasteiger partial charge on any atom is -0.497 e. The highest BCUT2D eigenvalue weighted by molar-refractivity contribution is 5.99. The Morgan fingerprint density at radius 1 is 0.541 bits per heavy atom. The predicted octanol–water partition coefficient (Wildman–Crippen LogP) is -4.71. The van der Waals surface area contributed by atoms with Gasteiger partial charge in [0.2, 0.25) is 65.0 Å². The molecule has 0 radical (unpaired) electrons. The summed E-state index contributed by atoms with van der Waals surface area (Å²) in [6.45, 7) is 6.52.